The molecule has 0 atom stereocenters. The van der Waals surface area contributed by atoms with Crippen molar-refractivity contribution in [1.82, 2.24) is 14.3 Å². The van der Waals surface area contributed by atoms with Crippen molar-refractivity contribution < 1.29 is 9.53 Å². The molecule has 0 saturated heterocycles. The van der Waals surface area contributed by atoms with E-state index in [1.165, 1.54) is 24.8 Å². The van der Waals surface area contributed by atoms with E-state index < -0.39 is 0 Å². The fourth-order valence-electron chi connectivity index (χ4n) is 4.23. The van der Waals surface area contributed by atoms with E-state index in [1.54, 1.807) is 6.20 Å². The lowest BCUT2D eigenvalue weighted by molar-refractivity contribution is 0.102. The van der Waals surface area contributed by atoms with Crippen LogP contribution in [-0.2, 0) is 0 Å². The molecule has 4 aromatic rings. The maximum atomic E-state index is 13.2. The van der Waals surface area contributed by atoms with Gasteiger partial charge in [-0.3, -0.25) is 9.20 Å². The standard InChI is InChI=1S/C28H29ClN4O2/c1-32(2)14-15-35-23-10-6-20(7-11-23)22-9-13-27-30-17-26(33(27)18-22)28(34)31-25-16-21(8-12-24(25)29)19-4-3-5-19/h6-13,16-19H,3-5,14-15H2,1-2H3,(H,31,34). The molecule has 6 nitrogen and oxygen atoms in total. The quantitative estimate of drug-likeness (QED) is 0.325. The molecule has 35 heavy (non-hydrogen) atoms. The molecule has 0 radical (unpaired) electrons. The first-order chi connectivity index (χ1) is 17.0. The molecule has 2 heterocycles. The summed E-state index contributed by atoms with van der Waals surface area (Å²) in [4.78, 5) is 19.7. The lowest BCUT2D eigenvalue weighted by Crippen LogP contribution is -2.19. The SMILES string of the molecule is CN(C)CCOc1ccc(-c2ccc3ncc(C(=O)Nc4cc(C5CCC5)ccc4Cl)n3c2)cc1. The third kappa shape index (κ3) is 5.19. The molecule has 5 rings (SSSR count). The molecule has 1 aliphatic rings. The van der Waals surface area contributed by atoms with Crippen LogP contribution in [0.1, 0.15) is 41.2 Å². The summed E-state index contributed by atoms with van der Waals surface area (Å²) in [5.41, 5.74) is 5.03. The summed E-state index contributed by atoms with van der Waals surface area (Å²) < 4.78 is 7.61. The van der Waals surface area contributed by atoms with Crippen LogP contribution in [0, 0.1) is 0 Å². The van der Waals surface area contributed by atoms with Crippen LogP contribution in [-0.4, -0.2) is 47.4 Å². The van der Waals surface area contributed by atoms with Crippen LogP contribution in [0.3, 0.4) is 0 Å². The van der Waals surface area contributed by atoms with E-state index >= 15 is 0 Å². The first-order valence-corrected chi connectivity index (χ1v) is 12.3. The third-order valence-corrected chi connectivity index (χ3v) is 6.88. The molecule has 0 unspecified atom stereocenters. The van der Waals surface area contributed by atoms with Crippen molar-refractivity contribution >= 4 is 28.8 Å². The zero-order chi connectivity index (χ0) is 24.4. The van der Waals surface area contributed by atoms with Crippen molar-refractivity contribution in [2.45, 2.75) is 25.2 Å². The maximum Gasteiger partial charge on any atom is 0.274 e. The first-order valence-electron chi connectivity index (χ1n) is 11.9. The molecule has 180 valence electrons. The monoisotopic (exact) mass is 488 g/mol. The van der Waals surface area contributed by atoms with Crippen LogP contribution in [0.25, 0.3) is 16.8 Å². The second kappa shape index (κ2) is 10.1. The predicted molar refractivity (Wildman–Crippen MR) is 141 cm³/mol. The van der Waals surface area contributed by atoms with Crippen molar-refractivity contribution in [2.75, 3.05) is 32.6 Å². The topological polar surface area (TPSA) is 58.9 Å². The summed E-state index contributed by atoms with van der Waals surface area (Å²) >= 11 is 6.40. The number of pyridine rings is 1. The molecule has 1 fully saturated rings. The number of rotatable bonds is 8. The molecule has 2 aromatic heterocycles. The van der Waals surface area contributed by atoms with Crippen molar-refractivity contribution in [1.29, 1.82) is 0 Å². The van der Waals surface area contributed by atoms with Gasteiger partial charge in [0.1, 0.15) is 23.7 Å². The van der Waals surface area contributed by atoms with E-state index in [4.69, 9.17) is 16.3 Å². The zero-order valence-electron chi connectivity index (χ0n) is 20.0. The van der Waals surface area contributed by atoms with Crippen LogP contribution >= 0.6 is 11.6 Å². The Hall–Kier alpha value is -3.35. The Morgan fingerprint density at radius 2 is 1.89 bits per heavy atom. The number of halogens is 1. The molecule has 1 N–H and O–H groups in total. The number of amides is 1. The van der Waals surface area contributed by atoms with Crippen molar-refractivity contribution in [3.8, 4) is 16.9 Å². The normalized spacial score (nSPS) is 13.7. The number of nitrogens with zero attached hydrogens (tertiary/aromatic N) is 3. The summed E-state index contributed by atoms with van der Waals surface area (Å²) in [6, 6.07) is 17.8. The second-order valence-corrected chi connectivity index (χ2v) is 9.69. The number of anilines is 1. The number of ether oxygens (including phenoxy) is 1. The lowest BCUT2D eigenvalue weighted by atomic mass is 9.80. The van der Waals surface area contributed by atoms with E-state index in [1.807, 2.05) is 73.2 Å². The van der Waals surface area contributed by atoms with Crippen molar-refractivity contribution in [3.63, 3.8) is 0 Å². The van der Waals surface area contributed by atoms with E-state index in [-0.39, 0.29) is 5.91 Å². The number of carbonyl (C=O) groups excluding carboxylic acids is 1. The minimum absolute atomic E-state index is 0.244. The molecule has 1 saturated carbocycles. The van der Waals surface area contributed by atoms with E-state index in [9.17, 15) is 4.79 Å². The van der Waals surface area contributed by atoms with Gasteiger partial charge in [0.25, 0.3) is 5.91 Å². The average molecular weight is 489 g/mol. The smallest absolute Gasteiger partial charge is 0.274 e. The summed E-state index contributed by atoms with van der Waals surface area (Å²) in [7, 11) is 4.04. The van der Waals surface area contributed by atoms with Gasteiger partial charge < -0.3 is 15.0 Å². The molecular formula is C28H29ClN4O2. The van der Waals surface area contributed by atoms with Gasteiger partial charge in [-0.05, 0) is 85.9 Å². The van der Waals surface area contributed by atoms with Crippen LogP contribution in [0.15, 0.2) is 67.0 Å². The van der Waals surface area contributed by atoms with Gasteiger partial charge in [0.05, 0.1) is 16.9 Å². The number of imidazole rings is 1. The summed E-state index contributed by atoms with van der Waals surface area (Å²) in [5.74, 6) is 1.15. The van der Waals surface area contributed by atoms with Crippen LogP contribution in [0.5, 0.6) is 5.75 Å². The molecular weight excluding hydrogens is 460 g/mol. The van der Waals surface area contributed by atoms with Gasteiger partial charge in [0, 0.05) is 12.7 Å². The fraction of sp³-hybridized carbons (Fsp3) is 0.286. The number of fused-ring (bicyclic) bond motifs is 1. The van der Waals surface area contributed by atoms with E-state index in [2.05, 4.69) is 21.3 Å². The number of aromatic nitrogens is 2. The fourth-order valence-corrected chi connectivity index (χ4v) is 4.39. The molecule has 0 aliphatic heterocycles. The Labute approximate surface area is 210 Å². The summed E-state index contributed by atoms with van der Waals surface area (Å²) in [6.07, 6.45) is 7.17. The summed E-state index contributed by atoms with van der Waals surface area (Å²) in [5, 5.41) is 3.52. The lowest BCUT2D eigenvalue weighted by Gasteiger charge is -2.26. The van der Waals surface area contributed by atoms with Gasteiger partial charge in [-0.1, -0.05) is 36.2 Å². The van der Waals surface area contributed by atoms with E-state index in [0.717, 1.165) is 23.4 Å². The molecule has 1 amide bonds. The Balaban J connectivity index is 1.35. The first kappa shape index (κ1) is 23.4. The highest BCUT2D eigenvalue weighted by molar-refractivity contribution is 6.34. The number of hydrogen-bond donors (Lipinski definition) is 1. The highest BCUT2D eigenvalue weighted by Crippen LogP contribution is 2.38. The second-order valence-electron chi connectivity index (χ2n) is 9.29. The highest BCUT2D eigenvalue weighted by Gasteiger charge is 2.21. The van der Waals surface area contributed by atoms with Gasteiger partial charge in [0.2, 0.25) is 0 Å². The van der Waals surface area contributed by atoms with Gasteiger partial charge in [0.15, 0.2) is 0 Å². The van der Waals surface area contributed by atoms with Crippen LogP contribution < -0.4 is 10.1 Å². The van der Waals surface area contributed by atoms with Gasteiger partial charge >= 0.3 is 0 Å². The Morgan fingerprint density at radius 1 is 1.11 bits per heavy atom. The summed E-state index contributed by atoms with van der Waals surface area (Å²) in [6.45, 7) is 1.50. The number of carbonyl (C=O) groups is 1. The average Bonchev–Trinajstić information content (AvgIpc) is 3.24. The molecule has 2 aromatic carbocycles. The van der Waals surface area contributed by atoms with Gasteiger partial charge in [-0.25, -0.2) is 4.98 Å². The maximum absolute atomic E-state index is 13.2. The number of hydrogen-bond acceptors (Lipinski definition) is 4. The molecule has 0 bridgehead atoms. The third-order valence-electron chi connectivity index (χ3n) is 6.55. The van der Waals surface area contributed by atoms with Crippen LogP contribution in [0.2, 0.25) is 5.02 Å². The molecule has 7 heteroatoms. The number of likely N-dealkylation sites (N-methyl/N-ethyl adjacent to an activating group) is 1. The van der Waals surface area contributed by atoms with Crippen molar-refractivity contribution in [2.24, 2.45) is 0 Å². The minimum atomic E-state index is -0.244. The Kier molecular flexibility index (Phi) is 6.75. The number of nitrogens with one attached hydrogen (secondary N) is 1. The molecule has 0 spiro atoms. The Bertz CT molecular complexity index is 1340. The van der Waals surface area contributed by atoms with Gasteiger partial charge in [-0.15, -0.1) is 0 Å². The molecule has 1 aliphatic carbocycles. The van der Waals surface area contributed by atoms with Crippen molar-refractivity contribution in [3.05, 3.63) is 83.3 Å². The van der Waals surface area contributed by atoms with Gasteiger partial charge in [-0.2, -0.15) is 0 Å². The Morgan fingerprint density at radius 3 is 2.60 bits per heavy atom. The zero-order valence-corrected chi connectivity index (χ0v) is 20.8. The highest BCUT2D eigenvalue weighted by atomic mass is 35.5. The predicted octanol–water partition coefficient (Wildman–Crippen LogP) is 6.11. The number of benzene rings is 2. The minimum Gasteiger partial charge on any atom is -0.492 e. The largest absolute Gasteiger partial charge is 0.492 e. The van der Waals surface area contributed by atoms with Crippen LogP contribution in [0.4, 0.5) is 5.69 Å². The van der Waals surface area contributed by atoms with E-state index in [0.29, 0.717) is 34.6 Å².